The van der Waals surface area contributed by atoms with Gasteiger partial charge in [0, 0.05) is 49.7 Å². The number of carbonyl (C=O) groups is 2. The van der Waals surface area contributed by atoms with Gasteiger partial charge in [-0.25, -0.2) is 15.5 Å². The minimum Gasteiger partial charge on any atom is -0.372 e. The maximum Gasteiger partial charge on any atom is 0.294 e. The van der Waals surface area contributed by atoms with Crippen molar-refractivity contribution in [1.82, 2.24) is 25.8 Å². The summed E-state index contributed by atoms with van der Waals surface area (Å²) in [6.07, 6.45) is 2.94. The molecule has 4 rings (SSSR count). The molecule has 2 amide bonds. The number of carbonyl (C=O) groups excluding carboxylic acids is 2. The third kappa shape index (κ3) is 7.96. The van der Waals surface area contributed by atoms with Crippen molar-refractivity contribution in [3.8, 4) is 5.69 Å². The van der Waals surface area contributed by atoms with Crippen LogP contribution in [0.5, 0.6) is 0 Å². The second-order valence-corrected chi connectivity index (χ2v) is 9.90. The SMILES string of the molecule is CCN(CC)c1ccc(C=NNC(=O)c2nnn(-c3ccc([N+](=O)[O-])cc3)c2C(=O)NN=Cc2ccc(N(CC)CC)cc2)cc1. The Hall–Kier alpha value is -5.92. The van der Waals surface area contributed by atoms with Crippen molar-refractivity contribution in [2.24, 2.45) is 10.2 Å². The van der Waals surface area contributed by atoms with E-state index >= 15 is 0 Å². The van der Waals surface area contributed by atoms with Crippen molar-refractivity contribution in [3.63, 3.8) is 0 Å². The van der Waals surface area contributed by atoms with Crippen molar-refractivity contribution in [2.45, 2.75) is 27.7 Å². The van der Waals surface area contributed by atoms with E-state index in [0.29, 0.717) is 0 Å². The molecule has 0 atom stereocenters. The predicted molar refractivity (Wildman–Crippen MR) is 178 cm³/mol. The standard InChI is InChI=1S/C32H36N10O4/c1-5-39(6-2)25-13-9-23(10-14-25)21-33-36-31(43)29-30(41(38-35-29)27-17-19-28(20-18-27)42(45)46)32(44)37-34-22-24-11-15-26(16-12-24)40(7-3)8-4/h9-22H,5-8H2,1-4H3,(H,36,43)(H,37,44). The highest BCUT2D eigenvalue weighted by molar-refractivity contribution is 6.05. The van der Waals surface area contributed by atoms with Gasteiger partial charge in [-0.1, -0.05) is 29.5 Å². The first-order valence-corrected chi connectivity index (χ1v) is 14.9. The van der Waals surface area contributed by atoms with E-state index in [0.717, 1.165) is 53.4 Å². The molecule has 3 aromatic carbocycles. The van der Waals surface area contributed by atoms with Gasteiger partial charge in [-0.05, 0) is 75.2 Å². The number of amides is 2. The number of non-ortho nitro benzene ring substituents is 1. The van der Waals surface area contributed by atoms with Crippen LogP contribution in [0.1, 0.15) is 59.8 Å². The second kappa shape index (κ2) is 15.7. The number of nitrogens with one attached hydrogen (secondary N) is 2. The smallest absolute Gasteiger partial charge is 0.294 e. The number of hydrogen-bond acceptors (Lipinski definition) is 10. The Balaban J connectivity index is 1.55. The first kappa shape index (κ1) is 33.0. The van der Waals surface area contributed by atoms with Gasteiger partial charge in [-0.3, -0.25) is 19.7 Å². The van der Waals surface area contributed by atoms with Crippen LogP contribution in [0.15, 0.2) is 83.0 Å². The Labute approximate surface area is 266 Å². The number of benzene rings is 3. The molecule has 14 nitrogen and oxygen atoms in total. The first-order valence-electron chi connectivity index (χ1n) is 14.9. The summed E-state index contributed by atoms with van der Waals surface area (Å²) in [5.74, 6) is -1.56. The molecule has 0 aliphatic carbocycles. The summed E-state index contributed by atoms with van der Waals surface area (Å²) >= 11 is 0. The highest BCUT2D eigenvalue weighted by Gasteiger charge is 2.26. The van der Waals surface area contributed by atoms with Crippen LogP contribution in [0.25, 0.3) is 5.69 Å². The number of nitrogens with zero attached hydrogens (tertiary/aromatic N) is 8. The van der Waals surface area contributed by atoms with Crippen molar-refractivity contribution in [1.29, 1.82) is 0 Å². The lowest BCUT2D eigenvalue weighted by Gasteiger charge is -2.20. The van der Waals surface area contributed by atoms with Gasteiger partial charge < -0.3 is 9.80 Å². The molecule has 0 radical (unpaired) electrons. The summed E-state index contributed by atoms with van der Waals surface area (Å²) in [6, 6.07) is 20.7. The molecule has 2 N–H and O–H groups in total. The van der Waals surface area contributed by atoms with Gasteiger partial charge in [0.15, 0.2) is 11.4 Å². The Morgan fingerprint density at radius 2 is 1.22 bits per heavy atom. The predicted octanol–water partition coefficient (Wildman–Crippen LogP) is 4.40. The average Bonchev–Trinajstić information content (AvgIpc) is 3.53. The third-order valence-electron chi connectivity index (χ3n) is 7.21. The Morgan fingerprint density at radius 3 is 1.65 bits per heavy atom. The number of nitro benzene ring substituents is 1. The van der Waals surface area contributed by atoms with Crippen LogP contribution in [-0.2, 0) is 0 Å². The van der Waals surface area contributed by atoms with Crippen molar-refractivity contribution in [2.75, 3.05) is 36.0 Å². The summed E-state index contributed by atoms with van der Waals surface area (Å²) in [5, 5.41) is 27.1. The third-order valence-corrected chi connectivity index (χ3v) is 7.21. The van der Waals surface area contributed by atoms with Crippen LogP contribution in [0.2, 0.25) is 0 Å². The molecule has 14 heteroatoms. The zero-order valence-corrected chi connectivity index (χ0v) is 26.1. The minimum absolute atomic E-state index is 0.149. The summed E-state index contributed by atoms with van der Waals surface area (Å²) in [5.41, 5.74) is 8.02. The largest absolute Gasteiger partial charge is 0.372 e. The van der Waals surface area contributed by atoms with E-state index in [1.54, 1.807) is 0 Å². The molecule has 0 saturated carbocycles. The molecule has 0 spiro atoms. The number of anilines is 2. The Kier molecular flexibility index (Phi) is 11.3. The highest BCUT2D eigenvalue weighted by atomic mass is 16.6. The molecule has 0 aliphatic rings. The summed E-state index contributed by atoms with van der Waals surface area (Å²) in [7, 11) is 0. The fourth-order valence-corrected chi connectivity index (χ4v) is 4.69. The van der Waals surface area contributed by atoms with Gasteiger partial charge in [-0.2, -0.15) is 10.2 Å². The van der Waals surface area contributed by atoms with Crippen molar-refractivity contribution < 1.29 is 14.5 Å². The maximum absolute atomic E-state index is 13.4. The van der Waals surface area contributed by atoms with Crippen LogP contribution >= 0.6 is 0 Å². The zero-order chi connectivity index (χ0) is 33.1. The summed E-state index contributed by atoms with van der Waals surface area (Å²) in [4.78, 5) is 41.5. The van der Waals surface area contributed by atoms with Gasteiger partial charge >= 0.3 is 0 Å². The summed E-state index contributed by atoms with van der Waals surface area (Å²) in [6.45, 7) is 11.8. The number of nitro groups is 1. The van der Waals surface area contributed by atoms with E-state index in [1.807, 2.05) is 48.5 Å². The van der Waals surface area contributed by atoms with Crippen molar-refractivity contribution in [3.05, 3.63) is 105 Å². The molecule has 1 aromatic heterocycles. The lowest BCUT2D eigenvalue weighted by Crippen LogP contribution is -2.27. The fourth-order valence-electron chi connectivity index (χ4n) is 4.69. The molecule has 0 aliphatic heterocycles. The van der Waals surface area contributed by atoms with E-state index < -0.39 is 16.7 Å². The lowest BCUT2D eigenvalue weighted by atomic mass is 10.2. The van der Waals surface area contributed by atoms with Crippen molar-refractivity contribution >= 4 is 41.3 Å². The van der Waals surface area contributed by atoms with Gasteiger partial charge in [0.05, 0.1) is 23.0 Å². The number of rotatable bonds is 14. The molecule has 46 heavy (non-hydrogen) atoms. The normalized spacial score (nSPS) is 11.1. The summed E-state index contributed by atoms with van der Waals surface area (Å²) < 4.78 is 1.11. The van der Waals surface area contributed by atoms with Crippen LogP contribution in [-0.4, -0.2) is 70.3 Å². The van der Waals surface area contributed by atoms with Gasteiger partial charge in [0.1, 0.15) is 0 Å². The Morgan fingerprint density at radius 1 is 0.761 bits per heavy atom. The molecule has 1 heterocycles. The molecule has 4 aromatic rings. The topological polar surface area (TPSA) is 163 Å². The first-order chi connectivity index (χ1) is 22.3. The van der Waals surface area contributed by atoms with E-state index in [4.69, 9.17) is 0 Å². The van der Waals surface area contributed by atoms with Crippen LogP contribution in [0.4, 0.5) is 17.1 Å². The number of aromatic nitrogens is 3. The van der Waals surface area contributed by atoms with Crippen LogP contribution < -0.4 is 20.7 Å². The van der Waals surface area contributed by atoms with E-state index in [9.17, 15) is 19.7 Å². The second-order valence-electron chi connectivity index (χ2n) is 9.90. The number of hydrogen-bond donors (Lipinski definition) is 2. The molecule has 0 fully saturated rings. The van der Waals surface area contributed by atoms with Gasteiger partial charge in [0.25, 0.3) is 17.5 Å². The quantitative estimate of drug-likeness (QED) is 0.118. The highest BCUT2D eigenvalue weighted by Crippen LogP contribution is 2.19. The maximum atomic E-state index is 13.4. The molecule has 0 saturated heterocycles. The van der Waals surface area contributed by atoms with E-state index in [1.165, 1.54) is 36.7 Å². The van der Waals surface area contributed by atoms with Gasteiger partial charge in [-0.15, -0.1) is 5.10 Å². The lowest BCUT2D eigenvalue weighted by molar-refractivity contribution is -0.384. The average molecular weight is 625 g/mol. The minimum atomic E-state index is -0.787. The van der Waals surface area contributed by atoms with E-state index in [2.05, 4.69) is 68.9 Å². The molecular weight excluding hydrogens is 588 g/mol. The molecule has 0 bridgehead atoms. The van der Waals surface area contributed by atoms with Crippen LogP contribution in [0, 0.1) is 10.1 Å². The molecule has 238 valence electrons. The van der Waals surface area contributed by atoms with Crippen LogP contribution in [0.3, 0.4) is 0 Å². The molecule has 0 unspecified atom stereocenters. The zero-order valence-electron chi connectivity index (χ0n) is 26.1. The van der Waals surface area contributed by atoms with E-state index in [-0.39, 0.29) is 22.8 Å². The molecular formula is C32H36N10O4. The monoisotopic (exact) mass is 624 g/mol. The van der Waals surface area contributed by atoms with Gasteiger partial charge in [0.2, 0.25) is 0 Å². The fraction of sp³-hybridized carbons (Fsp3) is 0.250. The Bertz CT molecular complexity index is 1690. The number of hydrazone groups is 2.